The van der Waals surface area contributed by atoms with E-state index in [0.717, 1.165) is 37.2 Å². The second kappa shape index (κ2) is 10.0. The first-order chi connectivity index (χ1) is 9.76. The number of rotatable bonds is 9. The number of unbranched alkanes of at least 4 members (excludes halogenated alkanes) is 1. The molecule has 0 bridgehead atoms. The van der Waals surface area contributed by atoms with Crippen LogP contribution in [0.15, 0.2) is 30.3 Å². The van der Waals surface area contributed by atoms with Crippen molar-refractivity contribution < 1.29 is 9.53 Å². The maximum absolute atomic E-state index is 11.5. The summed E-state index contributed by atoms with van der Waals surface area (Å²) in [4.78, 5) is 11.5. The van der Waals surface area contributed by atoms with Gasteiger partial charge in [-0.15, -0.1) is 0 Å². The fraction of sp³-hybridized carbons (Fsp3) is 0.438. The second-order valence-corrected chi connectivity index (χ2v) is 4.54. The van der Waals surface area contributed by atoms with E-state index in [-0.39, 0.29) is 5.91 Å². The van der Waals surface area contributed by atoms with Crippen LogP contribution >= 0.6 is 0 Å². The largest absolute Gasteiger partial charge is 0.494 e. The van der Waals surface area contributed by atoms with Crippen LogP contribution in [0.4, 0.5) is 0 Å². The molecule has 0 aliphatic carbocycles. The van der Waals surface area contributed by atoms with Crippen LogP contribution in [0.5, 0.6) is 5.75 Å². The van der Waals surface area contributed by atoms with Crippen LogP contribution in [-0.2, 0) is 4.79 Å². The first-order valence-electron chi connectivity index (χ1n) is 7.15. The quantitative estimate of drug-likeness (QED) is 0.537. The molecule has 4 nitrogen and oxygen atoms in total. The van der Waals surface area contributed by atoms with Gasteiger partial charge < -0.3 is 15.8 Å². The van der Waals surface area contributed by atoms with Crippen molar-refractivity contribution in [1.82, 2.24) is 5.32 Å². The molecule has 0 saturated heterocycles. The van der Waals surface area contributed by atoms with Crippen LogP contribution in [0.1, 0.15) is 31.7 Å². The number of ether oxygens (including phenoxy) is 1. The molecule has 20 heavy (non-hydrogen) atoms. The van der Waals surface area contributed by atoms with Crippen molar-refractivity contribution in [2.45, 2.75) is 26.2 Å². The van der Waals surface area contributed by atoms with E-state index in [0.29, 0.717) is 13.1 Å². The molecule has 0 saturated carbocycles. The predicted molar refractivity (Wildman–Crippen MR) is 82.6 cm³/mol. The third-order valence-corrected chi connectivity index (χ3v) is 2.71. The number of hydrogen-bond acceptors (Lipinski definition) is 3. The minimum atomic E-state index is -0.0756. The van der Waals surface area contributed by atoms with Crippen LogP contribution in [-0.4, -0.2) is 25.6 Å². The summed E-state index contributed by atoms with van der Waals surface area (Å²) in [5.41, 5.74) is 6.36. The summed E-state index contributed by atoms with van der Waals surface area (Å²) < 4.78 is 5.50. The van der Waals surface area contributed by atoms with E-state index in [9.17, 15) is 4.79 Å². The van der Waals surface area contributed by atoms with E-state index in [1.165, 1.54) is 0 Å². The molecule has 0 heterocycles. The fourth-order valence-electron chi connectivity index (χ4n) is 1.61. The van der Waals surface area contributed by atoms with E-state index in [1.54, 1.807) is 12.2 Å². The summed E-state index contributed by atoms with van der Waals surface area (Å²) in [6.45, 7) is 4.13. The van der Waals surface area contributed by atoms with Crippen molar-refractivity contribution in [2.75, 3.05) is 19.7 Å². The molecule has 110 valence electrons. The lowest BCUT2D eigenvalue weighted by atomic mass is 10.2. The molecule has 0 spiro atoms. The Morgan fingerprint density at radius 1 is 1.30 bits per heavy atom. The number of carbonyl (C=O) groups is 1. The van der Waals surface area contributed by atoms with Gasteiger partial charge in [-0.25, -0.2) is 0 Å². The molecule has 1 rings (SSSR count). The zero-order chi connectivity index (χ0) is 14.6. The number of benzene rings is 1. The summed E-state index contributed by atoms with van der Waals surface area (Å²) in [7, 11) is 0. The van der Waals surface area contributed by atoms with Gasteiger partial charge >= 0.3 is 0 Å². The standard InChI is InChI=1S/C16H24N2O2/c1-2-13-20-15-8-5-14(6-9-15)7-10-16(19)18-12-4-3-11-17/h5-10H,2-4,11-13,17H2,1H3,(H,18,19)/b10-7+. The Kier molecular flexibility index (Phi) is 8.15. The van der Waals surface area contributed by atoms with Crippen molar-refractivity contribution in [3.05, 3.63) is 35.9 Å². The van der Waals surface area contributed by atoms with Gasteiger partial charge in [0.05, 0.1) is 6.61 Å². The highest BCUT2D eigenvalue weighted by atomic mass is 16.5. The first kappa shape index (κ1) is 16.2. The molecular weight excluding hydrogens is 252 g/mol. The lowest BCUT2D eigenvalue weighted by Gasteiger charge is -2.04. The van der Waals surface area contributed by atoms with Crippen molar-refractivity contribution in [2.24, 2.45) is 5.73 Å². The average Bonchev–Trinajstić information content (AvgIpc) is 2.48. The smallest absolute Gasteiger partial charge is 0.243 e. The number of carbonyl (C=O) groups excluding carboxylic acids is 1. The zero-order valence-corrected chi connectivity index (χ0v) is 12.1. The molecule has 1 aromatic carbocycles. The van der Waals surface area contributed by atoms with Crippen molar-refractivity contribution in [3.63, 3.8) is 0 Å². The van der Waals surface area contributed by atoms with Crippen LogP contribution in [0.25, 0.3) is 6.08 Å². The van der Waals surface area contributed by atoms with Gasteiger partial charge in [0.15, 0.2) is 0 Å². The fourth-order valence-corrected chi connectivity index (χ4v) is 1.61. The Hall–Kier alpha value is -1.81. The second-order valence-electron chi connectivity index (χ2n) is 4.54. The molecule has 0 aliphatic heterocycles. The number of nitrogens with two attached hydrogens (primary N) is 1. The maximum atomic E-state index is 11.5. The van der Waals surface area contributed by atoms with Crippen LogP contribution in [0.3, 0.4) is 0 Å². The Morgan fingerprint density at radius 3 is 2.70 bits per heavy atom. The lowest BCUT2D eigenvalue weighted by molar-refractivity contribution is -0.116. The van der Waals surface area contributed by atoms with Crippen LogP contribution in [0.2, 0.25) is 0 Å². The van der Waals surface area contributed by atoms with Gasteiger partial charge in [-0.3, -0.25) is 4.79 Å². The molecule has 1 amide bonds. The van der Waals surface area contributed by atoms with E-state index in [2.05, 4.69) is 12.2 Å². The Morgan fingerprint density at radius 2 is 2.05 bits per heavy atom. The molecule has 4 heteroatoms. The topological polar surface area (TPSA) is 64.3 Å². The minimum Gasteiger partial charge on any atom is -0.494 e. The molecule has 0 radical (unpaired) electrons. The molecule has 0 aliphatic rings. The summed E-state index contributed by atoms with van der Waals surface area (Å²) >= 11 is 0. The molecule has 0 atom stereocenters. The highest BCUT2D eigenvalue weighted by molar-refractivity contribution is 5.91. The van der Waals surface area contributed by atoms with E-state index in [4.69, 9.17) is 10.5 Å². The highest BCUT2D eigenvalue weighted by Crippen LogP contribution is 2.13. The molecule has 0 aromatic heterocycles. The van der Waals surface area contributed by atoms with Crippen LogP contribution in [0, 0.1) is 0 Å². The Labute approximate surface area is 121 Å². The Bertz CT molecular complexity index is 413. The zero-order valence-electron chi connectivity index (χ0n) is 12.1. The average molecular weight is 276 g/mol. The van der Waals surface area contributed by atoms with E-state index >= 15 is 0 Å². The summed E-state index contributed by atoms with van der Waals surface area (Å²) in [5, 5.41) is 2.82. The van der Waals surface area contributed by atoms with Gasteiger partial charge in [0.25, 0.3) is 0 Å². The van der Waals surface area contributed by atoms with E-state index < -0.39 is 0 Å². The molecule has 0 fully saturated rings. The van der Waals surface area contributed by atoms with E-state index in [1.807, 2.05) is 24.3 Å². The third-order valence-electron chi connectivity index (χ3n) is 2.71. The predicted octanol–water partition coefficient (Wildman–Crippen LogP) is 2.34. The van der Waals surface area contributed by atoms with Gasteiger partial charge in [0.1, 0.15) is 5.75 Å². The lowest BCUT2D eigenvalue weighted by Crippen LogP contribution is -2.22. The van der Waals surface area contributed by atoms with Crippen molar-refractivity contribution in [1.29, 1.82) is 0 Å². The molecular formula is C16H24N2O2. The SMILES string of the molecule is CCCOc1ccc(/C=C/C(=O)NCCCCN)cc1. The first-order valence-corrected chi connectivity index (χ1v) is 7.15. The van der Waals surface area contributed by atoms with Crippen molar-refractivity contribution in [3.8, 4) is 5.75 Å². The van der Waals surface area contributed by atoms with Gasteiger partial charge in [-0.05, 0) is 49.6 Å². The van der Waals surface area contributed by atoms with Crippen molar-refractivity contribution >= 4 is 12.0 Å². The van der Waals surface area contributed by atoms with Crippen LogP contribution < -0.4 is 15.8 Å². The molecule has 1 aromatic rings. The van der Waals surface area contributed by atoms with Gasteiger partial charge in [-0.1, -0.05) is 19.1 Å². The molecule has 3 N–H and O–H groups in total. The summed E-state index contributed by atoms with van der Waals surface area (Å²) in [6.07, 6.45) is 6.18. The number of hydrogen-bond donors (Lipinski definition) is 2. The van der Waals surface area contributed by atoms with Gasteiger partial charge in [0, 0.05) is 12.6 Å². The maximum Gasteiger partial charge on any atom is 0.243 e. The number of amides is 1. The summed E-state index contributed by atoms with van der Waals surface area (Å²) in [6, 6.07) is 7.69. The Balaban J connectivity index is 2.35. The molecule has 0 unspecified atom stereocenters. The normalized spacial score (nSPS) is 10.7. The third kappa shape index (κ3) is 6.95. The minimum absolute atomic E-state index is 0.0756. The van der Waals surface area contributed by atoms with Gasteiger partial charge in [-0.2, -0.15) is 0 Å². The highest BCUT2D eigenvalue weighted by Gasteiger charge is 1.96. The van der Waals surface area contributed by atoms with Gasteiger partial charge in [0.2, 0.25) is 5.91 Å². The summed E-state index contributed by atoms with van der Waals surface area (Å²) in [5.74, 6) is 0.781. The monoisotopic (exact) mass is 276 g/mol. The number of nitrogens with one attached hydrogen (secondary N) is 1.